The van der Waals surface area contributed by atoms with Crippen LogP contribution >= 0.6 is 0 Å². The number of hydrogen-bond acceptors (Lipinski definition) is 3. The van der Waals surface area contributed by atoms with Crippen molar-refractivity contribution in [3.8, 4) is 0 Å². The van der Waals surface area contributed by atoms with Crippen molar-refractivity contribution in [1.29, 1.82) is 0 Å². The maximum atomic E-state index is 14.5. The van der Waals surface area contributed by atoms with E-state index in [1.165, 1.54) is 0 Å². The van der Waals surface area contributed by atoms with Gasteiger partial charge in [0.05, 0.1) is 11.4 Å². The first kappa shape index (κ1) is 22.4. The van der Waals surface area contributed by atoms with Crippen LogP contribution in [0.15, 0.2) is 66.0 Å². The van der Waals surface area contributed by atoms with Gasteiger partial charge in [-0.3, -0.25) is 9.79 Å². The zero-order valence-corrected chi connectivity index (χ0v) is 18.8. The molecule has 0 amide bonds. The Balaban J connectivity index is 1.88. The number of allylic oxidation sites excluding steroid dienone is 4. The maximum Gasteiger partial charge on any atom is 0.160 e. The van der Waals surface area contributed by atoms with E-state index in [2.05, 4.69) is 23.0 Å². The largest absolute Gasteiger partial charge is 0.354 e. The standard InChI is InChI=1S/C27H29FN2O/c1-7-9-24-25(22-12-10-16(3)26(28)17(22)4)15-29-27(24)18(5)30-21-11-13-23(19(6)31)20(8-2)14-21/h7,9-15,24,30H,5,8H2,1-4,6H3/b9-7-. The summed E-state index contributed by atoms with van der Waals surface area (Å²) in [6, 6.07) is 9.47. The first-order valence-electron chi connectivity index (χ1n) is 10.5. The van der Waals surface area contributed by atoms with Crippen LogP contribution in [-0.2, 0) is 6.42 Å². The molecular weight excluding hydrogens is 387 g/mol. The van der Waals surface area contributed by atoms with Gasteiger partial charge in [-0.25, -0.2) is 4.39 Å². The number of ketones is 1. The molecule has 0 bridgehead atoms. The molecule has 1 atom stereocenters. The molecule has 31 heavy (non-hydrogen) atoms. The minimum absolute atomic E-state index is 0.0603. The number of carbonyl (C=O) groups is 1. The van der Waals surface area contributed by atoms with Gasteiger partial charge in [0.1, 0.15) is 5.82 Å². The van der Waals surface area contributed by atoms with Gasteiger partial charge >= 0.3 is 0 Å². The average Bonchev–Trinajstić information content (AvgIpc) is 3.15. The Morgan fingerprint density at radius 2 is 2.00 bits per heavy atom. The lowest BCUT2D eigenvalue weighted by molar-refractivity contribution is 0.101. The van der Waals surface area contributed by atoms with Crippen LogP contribution in [0.5, 0.6) is 0 Å². The molecule has 0 aliphatic carbocycles. The van der Waals surface area contributed by atoms with E-state index >= 15 is 0 Å². The molecule has 1 N–H and O–H groups in total. The number of carbonyl (C=O) groups excluding carboxylic acids is 1. The number of rotatable bonds is 7. The lowest BCUT2D eigenvalue weighted by Crippen LogP contribution is -2.18. The topological polar surface area (TPSA) is 41.5 Å². The normalized spacial score (nSPS) is 15.7. The summed E-state index contributed by atoms with van der Waals surface area (Å²) in [6.07, 6.45) is 6.60. The van der Waals surface area contributed by atoms with Crippen molar-refractivity contribution in [3.63, 3.8) is 0 Å². The summed E-state index contributed by atoms with van der Waals surface area (Å²) in [5, 5.41) is 3.34. The molecule has 0 fully saturated rings. The van der Waals surface area contributed by atoms with E-state index in [9.17, 15) is 9.18 Å². The van der Waals surface area contributed by atoms with Gasteiger partial charge in [0.15, 0.2) is 5.78 Å². The molecule has 1 aliphatic rings. The molecule has 0 saturated carbocycles. The highest BCUT2D eigenvalue weighted by Gasteiger charge is 2.27. The molecule has 2 aromatic carbocycles. The Bertz CT molecular complexity index is 1140. The summed E-state index contributed by atoms with van der Waals surface area (Å²) in [5.41, 5.74) is 7.14. The third-order valence-electron chi connectivity index (χ3n) is 5.72. The van der Waals surface area contributed by atoms with Gasteiger partial charge in [0.25, 0.3) is 0 Å². The smallest absolute Gasteiger partial charge is 0.160 e. The Morgan fingerprint density at radius 3 is 2.65 bits per heavy atom. The number of halogens is 1. The molecule has 1 heterocycles. The van der Waals surface area contributed by atoms with Crippen molar-refractivity contribution >= 4 is 22.8 Å². The predicted molar refractivity (Wildman–Crippen MR) is 128 cm³/mol. The number of aryl methyl sites for hydroxylation is 2. The SMILES string of the molecule is C=C(Nc1ccc(C(C)=O)c(CC)c1)C1=NC=C(c2ccc(C)c(F)c2C)C1/C=C\C. The van der Waals surface area contributed by atoms with Crippen molar-refractivity contribution in [2.75, 3.05) is 5.32 Å². The van der Waals surface area contributed by atoms with Crippen LogP contribution in [0, 0.1) is 25.6 Å². The van der Waals surface area contributed by atoms with Crippen LogP contribution < -0.4 is 5.32 Å². The van der Waals surface area contributed by atoms with Crippen LogP contribution in [0.2, 0.25) is 0 Å². The molecule has 1 aliphatic heterocycles. The van der Waals surface area contributed by atoms with Crippen molar-refractivity contribution in [2.24, 2.45) is 10.9 Å². The first-order valence-corrected chi connectivity index (χ1v) is 10.5. The van der Waals surface area contributed by atoms with E-state index in [0.717, 1.165) is 40.1 Å². The molecule has 1 unspecified atom stereocenters. The third kappa shape index (κ3) is 4.43. The van der Waals surface area contributed by atoms with Gasteiger partial charge in [0, 0.05) is 23.4 Å². The fourth-order valence-corrected chi connectivity index (χ4v) is 4.02. The van der Waals surface area contributed by atoms with Crippen molar-refractivity contribution in [1.82, 2.24) is 0 Å². The second-order valence-electron chi connectivity index (χ2n) is 7.86. The molecule has 0 saturated heterocycles. The van der Waals surface area contributed by atoms with Crippen molar-refractivity contribution < 1.29 is 9.18 Å². The molecular formula is C27H29FN2O. The quantitative estimate of drug-likeness (QED) is 0.397. The number of anilines is 1. The molecule has 160 valence electrons. The van der Waals surface area contributed by atoms with E-state index in [0.29, 0.717) is 16.8 Å². The van der Waals surface area contributed by atoms with Crippen LogP contribution in [0.3, 0.4) is 0 Å². The van der Waals surface area contributed by atoms with E-state index in [4.69, 9.17) is 0 Å². The summed E-state index contributed by atoms with van der Waals surface area (Å²) >= 11 is 0. The number of aliphatic imine (C=N–C) groups is 1. The molecule has 0 spiro atoms. The first-order chi connectivity index (χ1) is 14.8. The van der Waals surface area contributed by atoms with Gasteiger partial charge in [-0.05, 0) is 80.1 Å². The molecule has 2 aromatic rings. The molecule has 3 nitrogen and oxygen atoms in total. The van der Waals surface area contributed by atoms with Crippen LogP contribution in [0.4, 0.5) is 10.1 Å². The molecule has 3 rings (SSSR count). The van der Waals surface area contributed by atoms with Crippen LogP contribution in [-0.4, -0.2) is 11.5 Å². The second kappa shape index (κ2) is 9.25. The zero-order valence-electron chi connectivity index (χ0n) is 18.8. The van der Waals surface area contributed by atoms with Gasteiger partial charge < -0.3 is 5.32 Å². The van der Waals surface area contributed by atoms with Crippen molar-refractivity contribution in [2.45, 2.75) is 41.0 Å². The Morgan fingerprint density at radius 1 is 1.26 bits per heavy atom. The summed E-state index contributed by atoms with van der Waals surface area (Å²) in [5.74, 6) is -0.237. The molecule has 0 aromatic heterocycles. The van der Waals surface area contributed by atoms with E-state index in [1.807, 2.05) is 44.2 Å². The Labute approximate surface area is 184 Å². The number of nitrogens with one attached hydrogen (secondary N) is 1. The second-order valence-corrected chi connectivity index (χ2v) is 7.86. The highest BCUT2D eigenvalue weighted by molar-refractivity contribution is 6.13. The van der Waals surface area contributed by atoms with Gasteiger partial charge in [-0.2, -0.15) is 0 Å². The number of hydrogen-bond donors (Lipinski definition) is 1. The summed E-state index contributed by atoms with van der Waals surface area (Å²) in [7, 11) is 0. The van der Waals surface area contributed by atoms with Gasteiger partial charge in [0.2, 0.25) is 0 Å². The number of nitrogens with zero attached hydrogens (tertiary/aromatic N) is 1. The summed E-state index contributed by atoms with van der Waals surface area (Å²) in [4.78, 5) is 16.5. The van der Waals surface area contributed by atoms with Crippen molar-refractivity contribution in [3.05, 3.63) is 94.6 Å². The maximum absolute atomic E-state index is 14.5. The Hall–Kier alpha value is -3.27. The Kier molecular flexibility index (Phi) is 6.69. The van der Waals surface area contributed by atoms with E-state index < -0.39 is 0 Å². The highest BCUT2D eigenvalue weighted by Crippen LogP contribution is 2.36. The van der Waals surface area contributed by atoms with Crippen LogP contribution in [0.1, 0.15) is 53.4 Å². The third-order valence-corrected chi connectivity index (χ3v) is 5.72. The predicted octanol–water partition coefficient (Wildman–Crippen LogP) is 6.82. The minimum Gasteiger partial charge on any atom is -0.354 e. The average molecular weight is 417 g/mol. The van der Waals surface area contributed by atoms with E-state index in [1.54, 1.807) is 33.0 Å². The number of Topliss-reactive ketones (excluding diaryl/α,β-unsaturated/α-hetero) is 1. The van der Waals surface area contributed by atoms with Crippen LogP contribution in [0.25, 0.3) is 5.57 Å². The summed E-state index contributed by atoms with van der Waals surface area (Å²) < 4.78 is 14.5. The highest BCUT2D eigenvalue weighted by atomic mass is 19.1. The fourth-order valence-electron chi connectivity index (χ4n) is 4.02. The number of benzene rings is 2. The fraction of sp³-hybridized carbons (Fsp3) is 0.259. The molecule has 0 radical (unpaired) electrons. The van der Waals surface area contributed by atoms with E-state index in [-0.39, 0.29) is 17.5 Å². The monoisotopic (exact) mass is 416 g/mol. The minimum atomic E-state index is -0.180. The summed E-state index contributed by atoms with van der Waals surface area (Å²) in [6.45, 7) is 13.4. The lowest BCUT2D eigenvalue weighted by Gasteiger charge is -2.19. The zero-order chi connectivity index (χ0) is 22.7. The van der Waals surface area contributed by atoms with Gasteiger partial charge in [-0.1, -0.05) is 37.8 Å². The lowest BCUT2D eigenvalue weighted by atomic mass is 9.87. The molecule has 4 heteroatoms. The van der Waals surface area contributed by atoms with Gasteiger partial charge in [-0.15, -0.1) is 0 Å².